The monoisotopic (exact) mass is 304 g/mol. The van der Waals surface area contributed by atoms with Crippen molar-refractivity contribution in [3.63, 3.8) is 0 Å². The van der Waals surface area contributed by atoms with E-state index in [1.54, 1.807) is 6.07 Å². The summed E-state index contributed by atoms with van der Waals surface area (Å²) in [7, 11) is 0. The average Bonchev–Trinajstić information content (AvgIpc) is 3.00. The predicted molar refractivity (Wildman–Crippen MR) is 91.1 cm³/mol. The molecule has 2 saturated heterocycles. The fourth-order valence-electron chi connectivity index (χ4n) is 3.95. The highest BCUT2D eigenvalue weighted by Gasteiger charge is 2.21. The number of benzene rings is 1. The van der Waals surface area contributed by atoms with Crippen LogP contribution in [0, 0.1) is 5.82 Å². The predicted octanol–water partition coefficient (Wildman–Crippen LogP) is 4.54. The van der Waals surface area contributed by atoms with Crippen LogP contribution in [0.3, 0.4) is 0 Å². The largest absolute Gasteiger partial charge is 0.371 e. The van der Waals surface area contributed by atoms with Gasteiger partial charge in [-0.3, -0.25) is 4.90 Å². The molecule has 2 aliphatic rings. The van der Waals surface area contributed by atoms with E-state index in [0.29, 0.717) is 0 Å². The zero-order valence-electron chi connectivity index (χ0n) is 14.1. The van der Waals surface area contributed by atoms with E-state index < -0.39 is 0 Å². The molecular formula is C19H29FN2. The first-order chi connectivity index (χ1) is 10.6. The van der Waals surface area contributed by atoms with Gasteiger partial charge in [-0.25, -0.2) is 4.39 Å². The maximum absolute atomic E-state index is 14.7. The first-order valence-electron chi connectivity index (χ1n) is 8.95. The standard InChI is InChI=1S/C19H29FN2/c1-15(2)19-16(14-21-8-6-7-9-21)12-17(13-18(19)20)22-10-4-3-5-11-22/h12-13,15H,3-11,14H2,1-2H3. The van der Waals surface area contributed by atoms with E-state index in [9.17, 15) is 4.39 Å². The van der Waals surface area contributed by atoms with Crippen molar-refractivity contribution < 1.29 is 4.39 Å². The topological polar surface area (TPSA) is 6.48 Å². The minimum Gasteiger partial charge on any atom is -0.371 e. The lowest BCUT2D eigenvalue weighted by atomic mass is 9.95. The van der Waals surface area contributed by atoms with Crippen molar-refractivity contribution in [2.45, 2.75) is 58.4 Å². The summed E-state index contributed by atoms with van der Waals surface area (Å²) in [5.41, 5.74) is 3.22. The van der Waals surface area contributed by atoms with E-state index in [0.717, 1.165) is 44.0 Å². The van der Waals surface area contributed by atoms with E-state index in [4.69, 9.17) is 0 Å². The van der Waals surface area contributed by atoms with Gasteiger partial charge in [-0.05, 0) is 74.4 Å². The second kappa shape index (κ2) is 6.99. The highest BCUT2D eigenvalue weighted by molar-refractivity contribution is 5.52. The van der Waals surface area contributed by atoms with Gasteiger partial charge in [0, 0.05) is 25.3 Å². The quantitative estimate of drug-likeness (QED) is 0.806. The fourth-order valence-corrected chi connectivity index (χ4v) is 3.95. The summed E-state index contributed by atoms with van der Waals surface area (Å²) in [4.78, 5) is 4.84. The molecule has 0 saturated carbocycles. The van der Waals surface area contributed by atoms with Crippen LogP contribution in [0.25, 0.3) is 0 Å². The summed E-state index contributed by atoms with van der Waals surface area (Å²) in [6, 6.07) is 4.04. The molecule has 22 heavy (non-hydrogen) atoms. The molecule has 122 valence electrons. The van der Waals surface area contributed by atoms with Gasteiger partial charge in [-0.2, -0.15) is 0 Å². The lowest BCUT2D eigenvalue weighted by Gasteiger charge is -2.30. The number of nitrogens with zero attached hydrogens (tertiary/aromatic N) is 2. The molecule has 0 spiro atoms. The number of hydrogen-bond donors (Lipinski definition) is 0. The van der Waals surface area contributed by atoms with Crippen LogP contribution in [0.1, 0.15) is 63.0 Å². The van der Waals surface area contributed by atoms with Crippen LogP contribution in [-0.4, -0.2) is 31.1 Å². The molecular weight excluding hydrogens is 275 g/mol. The third-order valence-electron chi connectivity index (χ3n) is 5.09. The first kappa shape index (κ1) is 15.8. The molecule has 0 radical (unpaired) electrons. The molecule has 0 aliphatic carbocycles. The third kappa shape index (κ3) is 3.45. The Morgan fingerprint density at radius 2 is 1.59 bits per heavy atom. The SMILES string of the molecule is CC(C)c1c(F)cc(N2CCCCC2)cc1CN1CCCC1. The molecule has 3 heteroatoms. The Kier molecular flexibility index (Phi) is 5.02. The van der Waals surface area contributed by atoms with Crippen molar-refractivity contribution in [3.8, 4) is 0 Å². The summed E-state index contributed by atoms with van der Waals surface area (Å²) in [6.07, 6.45) is 6.34. The molecule has 1 aromatic carbocycles. The van der Waals surface area contributed by atoms with Gasteiger partial charge in [0.1, 0.15) is 5.82 Å². The highest BCUT2D eigenvalue weighted by Crippen LogP contribution is 2.31. The molecule has 2 aliphatic heterocycles. The molecule has 3 rings (SSSR count). The van der Waals surface area contributed by atoms with Gasteiger partial charge in [0.05, 0.1) is 0 Å². The van der Waals surface area contributed by atoms with Crippen LogP contribution in [0.15, 0.2) is 12.1 Å². The Morgan fingerprint density at radius 1 is 0.955 bits per heavy atom. The number of likely N-dealkylation sites (tertiary alicyclic amines) is 1. The van der Waals surface area contributed by atoms with Gasteiger partial charge in [-0.1, -0.05) is 13.8 Å². The van der Waals surface area contributed by atoms with Crippen molar-refractivity contribution in [1.29, 1.82) is 0 Å². The van der Waals surface area contributed by atoms with E-state index in [1.807, 2.05) is 0 Å². The van der Waals surface area contributed by atoms with Crippen molar-refractivity contribution in [1.82, 2.24) is 4.90 Å². The highest BCUT2D eigenvalue weighted by atomic mass is 19.1. The number of piperidine rings is 1. The molecule has 0 aromatic heterocycles. The fraction of sp³-hybridized carbons (Fsp3) is 0.684. The summed E-state index contributed by atoms with van der Waals surface area (Å²) in [5, 5.41) is 0. The summed E-state index contributed by atoms with van der Waals surface area (Å²) < 4.78 is 14.7. The third-order valence-corrected chi connectivity index (χ3v) is 5.09. The van der Waals surface area contributed by atoms with E-state index in [1.165, 1.54) is 37.7 Å². The number of halogens is 1. The van der Waals surface area contributed by atoms with E-state index in [-0.39, 0.29) is 11.7 Å². The summed E-state index contributed by atoms with van der Waals surface area (Å²) in [6.45, 7) is 9.58. The van der Waals surface area contributed by atoms with Crippen molar-refractivity contribution >= 4 is 5.69 Å². The summed E-state index contributed by atoms with van der Waals surface area (Å²) >= 11 is 0. The van der Waals surface area contributed by atoms with Gasteiger partial charge in [0.15, 0.2) is 0 Å². The molecule has 0 bridgehead atoms. The normalized spacial score (nSPS) is 20.1. The Balaban J connectivity index is 1.90. The van der Waals surface area contributed by atoms with Gasteiger partial charge in [0.25, 0.3) is 0 Å². The second-order valence-electron chi connectivity index (χ2n) is 7.19. The zero-order chi connectivity index (χ0) is 15.5. The Bertz CT molecular complexity index is 500. The minimum absolute atomic E-state index is 0.00716. The summed E-state index contributed by atoms with van der Waals surface area (Å²) in [5.74, 6) is 0.236. The molecule has 2 fully saturated rings. The van der Waals surface area contributed by atoms with Crippen molar-refractivity contribution in [3.05, 3.63) is 29.1 Å². The van der Waals surface area contributed by atoms with Crippen molar-refractivity contribution in [2.75, 3.05) is 31.1 Å². The maximum atomic E-state index is 14.7. The molecule has 1 aromatic rings. The Hall–Kier alpha value is -1.09. The smallest absolute Gasteiger partial charge is 0.129 e. The molecule has 0 N–H and O–H groups in total. The van der Waals surface area contributed by atoms with Gasteiger partial charge in [0.2, 0.25) is 0 Å². The number of anilines is 1. The molecule has 0 unspecified atom stereocenters. The molecule has 0 amide bonds. The van der Waals surface area contributed by atoms with Crippen LogP contribution in [0.5, 0.6) is 0 Å². The molecule has 0 atom stereocenters. The van der Waals surface area contributed by atoms with Crippen LogP contribution in [0.2, 0.25) is 0 Å². The van der Waals surface area contributed by atoms with Gasteiger partial charge in [-0.15, -0.1) is 0 Å². The lowest BCUT2D eigenvalue weighted by molar-refractivity contribution is 0.329. The average molecular weight is 304 g/mol. The van der Waals surface area contributed by atoms with Crippen LogP contribution >= 0.6 is 0 Å². The minimum atomic E-state index is -0.00716. The van der Waals surface area contributed by atoms with Gasteiger partial charge < -0.3 is 4.90 Å². The first-order valence-corrected chi connectivity index (χ1v) is 8.95. The van der Waals surface area contributed by atoms with Crippen LogP contribution in [0.4, 0.5) is 10.1 Å². The number of rotatable bonds is 4. The van der Waals surface area contributed by atoms with E-state index >= 15 is 0 Å². The second-order valence-corrected chi connectivity index (χ2v) is 7.19. The maximum Gasteiger partial charge on any atom is 0.129 e. The molecule has 2 heterocycles. The van der Waals surface area contributed by atoms with Crippen molar-refractivity contribution in [2.24, 2.45) is 0 Å². The lowest BCUT2D eigenvalue weighted by Crippen LogP contribution is -2.30. The van der Waals surface area contributed by atoms with E-state index in [2.05, 4.69) is 29.7 Å². The zero-order valence-corrected chi connectivity index (χ0v) is 14.1. The van der Waals surface area contributed by atoms with Crippen LogP contribution < -0.4 is 4.90 Å². The van der Waals surface area contributed by atoms with Crippen LogP contribution in [-0.2, 0) is 6.54 Å². The van der Waals surface area contributed by atoms with Gasteiger partial charge >= 0.3 is 0 Å². The number of hydrogen-bond acceptors (Lipinski definition) is 2. The Morgan fingerprint density at radius 3 is 2.23 bits per heavy atom. The Labute approximate surface area is 134 Å². The molecule has 2 nitrogen and oxygen atoms in total.